The maximum Gasteiger partial charge on any atom is 0.326 e. The second-order valence-electron chi connectivity index (χ2n) is 4.73. The SMILES string of the molecule is COC(=O)C(C)(Cl)CC(Cl)C(C)(C)C. The second kappa shape index (κ2) is 4.71. The molecule has 84 valence electrons. The Balaban J connectivity index is 4.44. The summed E-state index contributed by atoms with van der Waals surface area (Å²) in [5, 5.41) is -0.163. The van der Waals surface area contributed by atoms with E-state index in [1.54, 1.807) is 6.92 Å². The van der Waals surface area contributed by atoms with Gasteiger partial charge in [0.2, 0.25) is 0 Å². The maximum atomic E-state index is 11.3. The van der Waals surface area contributed by atoms with E-state index in [0.717, 1.165) is 0 Å². The Labute approximate surface area is 95.9 Å². The van der Waals surface area contributed by atoms with Crippen LogP contribution in [0.15, 0.2) is 0 Å². The molecular weight excluding hydrogens is 223 g/mol. The van der Waals surface area contributed by atoms with Gasteiger partial charge in [-0.2, -0.15) is 0 Å². The minimum absolute atomic E-state index is 0.0777. The standard InChI is InChI=1S/C10H18Cl2O2/c1-9(2,3)7(11)6-10(4,12)8(13)14-5/h7H,6H2,1-5H3. The first-order valence-electron chi connectivity index (χ1n) is 4.52. The summed E-state index contributed by atoms with van der Waals surface area (Å²) >= 11 is 12.2. The third-order valence-electron chi connectivity index (χ3n) is 2.11. The maximum absolute atomic E-state index is 11.3. The first kappa shape index (κ1) is 14.1. The number of alkyl halides is 2. The molecule has 2 nitrogen and oxygen atoms in total. The lowest BCUT2D eigenvalue weighted by Gasteiger charge is -2.30. The van der Waals surface area contributed by atoms with E-state index >= 15 is 0 Å². The molecule has 0 aromatic rings. The van der Waals surface area contributed by atoms with Crippen LogP contribution in [0.5, 0.6) is 0 Å². The number of carbonyl (C=O) groups is 1. The molecule has 0 radical (unpaired) electrons. The highest BCUT2D eigenvalue weighted by Gasteiger charge is 2.37. The molecule has 0 spiro atoms. The van der Waals surface area contributed by atoms with Crippen LogP contribution < -0.4 is 0 Å². The third-order valence-corrected chi connectivity index (χ3v) is 3.23. The smallest absolute Gasteiger partial charge is 0.326 e. The summed E-state index contributed by atoms with van der Waals surface area (Å²) in [5.41, 5.74) is -0.0777. The average Bonchev–Trinajstić information content (AvgIpc) is 2.00. The van der Waals surface area contributed by atoms with Crippen LogP contribution in [0.2, 0.25) is 0 Å². The van der Waals surface area contributed by atoms with Crippen molar-refractivity contribution < 1.29 is 9.53 Å². The van der Waals surface area contributed by atoms with Gasteiger partial charge in [-0.25, -0.2) is 0 Å². The zero-order valence-electron chi connectivity index (χ0n) is 9.36. The van der Waals surface area contributed by atoms with Crippen molar-refractivity contribution in [1.82, 2.24) is 0 Å². The van der Waals surface area contributed by atoms with Crippen LogP contribution in [-0.2, 0) is 9.53 Å². The first-order valence-corrected chi connectivity index (χ1v) is 5.34. The highest BCUT2D eigenvalue weighted by Crippen LogP contribution is 2.34. The average molecular weight is 241 g/mol. The zero-order valence-corrected chi connectivity index (χ0v) is 10.9. The molecule has 0 saturated carbocycles. The molecule has 2 unspecified atom stereocenters. The summed E-state index contributed by atoms with van der Waals surface area (Å²) in [6.07, 6.45) is 0.395. The molecule has 0 N–H and O–H groups in total. The molecule has 0 amide bonds. The number of ether oxygens (including phenoxy) is 1. The van der Waals surface area contributed by atoms with Crippen molar-refractivity contribution in [2.45, 2.75) is 44.4 Å². The molecule has 0 fully saturated rings. The monoisotopic (exact) mass is 240 g/mol. The molecule has 2 atom stereocenters. The van der Waals surface area contributed by atoms with Crippen LogP contribution in [-0.4, -0.2) is 23.3 Å². The van der Waals surface area contributed by atoms with Gasteiger partial charge in [0, 0.05) is 5.38 Å². The summed E-state index contributed by atoms with van der Waals surface area (Å²) in [7, 11) is 1.32. The Morgan fingerprint density at radius 1 is 1.36 bits per heavy atom. The van der Waals surface area contributed by atoms with Crippen LogP contribution >= 0.6 is 23.2 Å². The van der Waals surface area contributed by atoms with Crippen molar-refractivity contribution in [3.63, 3.8) is 0 Å². The van der Waals surface area contributed by atoms with Gasteiger partial charge in [-0.15, -0.1) is 23.2 Å². The number of rotatable bonds is 3. The van der Waals surface area contributed by atoms with E-state index in [-0.39, 0.29) is 10.8 Å². The van der Waals surface area contributed by atoms with Gasteiger partial charge in [0.25, 0.3) is 0 Å². The highest BCUT2D eigenvalue weighted by molar-refractivity contribution is 6.34. The molecule has 0 aromatic heterocycles. The number of halogens is 2. The summed E-state index contributed by atoms with van der Waals surface area (Å²) in [4.78, 5) is 10.2. The van der Waals surface area contributed by atoms with Crippen molar-refractivity contribution in [3.8, 4) is 0 Å². The minimum Gasteiger partial charge on any atom is -0.468 e. The van der Waals surface area contributed by atoms with E-state index in [1.807, 2.05) is 20.8 Å². The highest BCUT2D eigenvalue weighted by atomic mass is 35.5. The topological polar surface area (TPSA) is 26.3 Å². The van der Waals surface area contributed by atoms with E-state index in [4.69, 9.17) is 23.2 Å². The van der Waals surface area contributed by atoms with Gasteiger partial charge in [0.1, 0.15) is 4.87 Å². The van der Waals surface area contributed by atoms with Gasteiger partial charge in [0.05, 0.1) is 7.11 Å². The fourth-order valence-electron chi connectivity index (χ4n) is 0.939. The molecule has 0 saturated heterocycles. The van der Waals surface area contributed by atoms with E-state index < -0.39 is 10.8 Å². The van der Waals surface area contributed by atoms with Crippen molar-refractivity contribution in [3.05, 3.63) is 0 Å². The summed E-state index contributed by atoms with van der Waals surface area (Å²) in [6.45, 7) is 7.65. The normalized spacial score (nSPS) is 18.5. The van der Waals surface area contributed by atoms with Crippen molar-refractivity contribution >= 4 is 29.2 Å². The van der Waals surface area contributed by atoms with E-state index in [0.29, 0.717) is 6.42 Å². The van der Waals surface area contributed by atoms with Crippen molar-refractivity contribution in [2.24, 2.45) is 5.41 Å². The molecular formula is C10H18Cl2O2. The number of hydrogen-bond acceptors (Lipinski definition) is 2. The largest absolute Gasteiger partial charge is 0.468 e. The van der Waals surface area contributed by atoms with Gasteiger partial charge in [-0.3, -0.25) is 4.79 Å². The quantitative estimate of drug-likeness (QED) is 0.560. The van der Waals surface area contributed by atoms with E-state index in [1.165, 1.54) is 7.11 Å². The fraction of sp³-hybridized carbons (Fsp3) is 0.900. The van der Waals surface area contributed by atoms with Gasteiger partial charge < -0.3 is 4.74 Å². The summed E-state index contributed by atoms with van der Waals surface area (Å²) in [6, 6.07) is 0. The number of carbonyl (C=O) groups excluding carboxylic acids is 1. The first-order chi connectivity index (χ1) is 6.11. The van der Waals surface area contributed by atoms with Crippen LogP contribution in [0.25, 0.3) is 0 Å². The number of methoxy groups -OCH3 is 1. The zero-order chi connectivity index (χ0) is 11.6. The predicted molar refractivity (Wildman–Crippen MR) is 60.0 cm³/mol. The molecule has 0 bridgehead atoms. The van der Waals surface area contributed by atoms with Crippen LogP contribution in [0.4, 0.5) is 0 Å². The lowest BCUT2D eigenvalue weighted by Crippen LogP contribution is -2.36. The fourth-order valence-corrected chi connectivity index (χ4v) is 1.56. The van der Waals surface area contributed by atoms with Crippen LogP contribution in [0.3, 0.4) is 0 Å². The molecule has 0 aliphatic heterocycles. The van der Waals surface area contributed by atoms with E-state index in [2.05, 4.69) is 4.74 Å². The lowest BCUT2D eigenvalue weighted by atomic mass is 9.86. The van der Waals surface area contributed by atoms with Gasteiger partial charge in [0.15, 0.2) is 0 Å². The molecule has 0 aromatic carbocycles. The molecule has 0 rings (SSSR count). The lowest BCUT2D eigenvalue weighted by molar-refractivity contribution is -0.143. The Kier molecular flexibility index (Phi) is 4.73. The number of hydrogen-bond donors (Lipinski definition) is 0. The Bertz CT molecular complexity index is 207. The van der Waals surface area contributed by atoms with Gasteiger partial charge in [-0.1, -0.05) is 20.8 Å². The second-order valence-corrected chi connectivity index (χ2v) is 6.09. The minimum atomic E-state index is -1.03. The van der Waals surface area contributed by atoms with Crippen molar-refractivity contribution in [2.75, 3.05) is 7.11 Å². The Hall–Kier alpha value is 0.0500. The Morgan fingerprint density at radius 3 is 2.07 bits per heavy atom. The van der Waals surface area contributed by atoms with Crippen LogP contribution in [0, 0.1) is 5.41 Å². The van der Waals surface area contributed by atoms with Gasteiger partial charge >= 0.3 is 5.97 Å². The van der Waals surface area contributed by atoms with E-state index in [9.17, 15) is 4.79 Å². The predicted octanol–water partition coefficient (Wildman–Crippen LogP) is 3.20. The molecule has 0 heterocycles. The summed E-state index contributed by atoms with van der Waals surface area (Å²) < 4.78 is 4.60. The summed E-state index contributed by atoms with van der Waals surface area (Å²) in [5.74, 6) is -0.436. The third kappa shape index (κ3) is 4.05. The molecule has 0 aliphatic carbocycles. The molecule has 4 heteroatoms. The molecule has 14 heavy (non-hydrogen) atoms. The Morgan fingerprint density at radius 2 is 1.79 bits per heavy atom. The van der Waals surface area contributed by atoms with Crippen LogP contribution in [0.1, 0.15) is 34.1 Å². The van der Waals surface area contributed by atoms with Crippen molar-refractivity contribution in [1.29, 1.82) is 0 Å². The van der Waals surface area contributed by atoms with Gasteiger partial charge in [-0.05, 0) is 18.8 Å². The molecule has 0 aliphatic rings. The number of esters is 1.